The summed E-state index contributed by atoms with van der Waals surface area (Å²) in [6.45, 7) is 0. The van der Waals surface area contributed by atoms with Gasteiger partial charge in [0.2, 0.25) is 0 Å². The lowest BCUT2D eigenvalue weighted by molar-refractivity contribution is -0.147. The van der Waals surface area contributed by atoms with Crippen molar-refractivity contribution < 1.29 is 19.8 Å². The summed E-state index contributed by atoms with van der Waals surface area (Å²) in [6, 6.07) is 9.27. The third-order valence-electron chi connectivity index (χ3n) is 3.66. The van der Waals surface area contributed by atoms with Gasteiger partial charge in [0.25, 0.3) is 5.78 Å². The number of carbonyl (C=O) groups excluding carboxylic acids is 1. The fourth-order valence-corrected chi connectivity index (χ4v) is 2.49. The Balaban J connectivity index is 1.95. The molecule has 8 heteroatoms. The Labute approximate surface area is 142 Å². The number of aliphatic carboxylic acids is 1. The maximum atomic E-state index is 12.1. The molecule has 8 nitrogen and oxygen atoms in total. The highest BCUT2D eigenvalue weighted by Gasteiger charge is 2.34. The van der Waals surface area contributed by atoms with Gasteiger partial charge in [-0.3, -0.25) is 14.8 Å². The molecule has 25 heavy (non-hydrogen) atoms. The largest absolute Gasteiger partial charge is 0.505 e. The molecule has 1 aliphatic heterocycles. The normalized spacial score (nSPS) is 17.3. The van der Waals surface area contributed by atoms with E-state index < -0.39 is 23.6 Å². The van der Waals surface area contributed by atoms with Crippen LogP contribution in [0.5, 0.6) is 0 Å². The molecule has 0 spiro atoms. The smallest absolute Gasteiger partial charge is 0.377 e. The number of rotatable bonds is 5. The average Bonchev–Trinajstić information content (AvgIpc) is 3.13. The molecule has 0 aromatic carbocycles. The Bertz CT molecular complexity index is 863. The number of aromatic nitrogens is 2. The van der Waals surface area contributed by atoms with Crippen LogP contribution in [-0.2, 0) is 9.59 Å². The lowest BCUT2D eigenvalue weighted by Crippen LogP contribution is -2.32. The van der Waals surface area contributed by atoms with Crippen molar-refractivity contribution in [3.8, 4) is 0 Å². The van der Waals surface area contributed by atoms with E-state index in [1.54, 1.807) is 36.5 Å². The van der Waals surface area contributed by atoms with E-state index in [9.17, 15) is 14.7 Å². The van der Waals surface area contributed by atoms with Gasteiger partial charge in [-0.2, -0.15) is 5.10 Å². The van der Waals surface area contributed by atoms with Crippen LogP contribution in [0.15, 0.2) is 59.5 Å². The van der Waals surface area contributed by atoms with Gasteiger partial charge in [-0.1, -0.05) is 12.1 Å². The van der Waals surface area contributed by atoms with Gasteiger partial charge in [-0.15, -0.1) is 0 Å². The fraction of sp³-hybridized carbons (Fsp3) is 0.118. The number of carboxylic acids is 1. The van der Waals surface area contributed by atoms with Crippen molar-refractivity contribution in [2.45, 2.75) is 12.5 Å². The molecule has 0 unspecified atom stereocenters. The van der Waals surface area contributed by atoms with Crippen LogP contribution in [-0.4, -0.2) is 43.7 Å². The van der Waals surface area contributed by atoms with Crippen LogP contribution in [0.3, 0.4) is 0 Å². The third-order valence-corrected chi connectivity index (χ3v) is 3.66. The van der Waals surface area contributed by atoms with Crippen LogP contribution in [0.4, 0.5) is 0 Å². The van der Waals surface area contributed by atoms with E-state index in [2.05, 4.69) is 20.5 Å². The van der Waals surface area contributed by atoms with Crippen LogP contribution in [0.2, 0.25) is 0 Å². The highest BCUT2D eigenvalue weighted by atomic mass is 16.4. The zero-order valence-electron chi connectivity index (χ0n) is 13.0. The summed E-state index contributed by atoms with van der Waals surface area (Å²) in [4.78, 5) is 31.5. The topological polar surface area (TPSA) is 125 Å². The predicted octanol–water partition coefficient (Wildman–Crippen LogP) is 1.17. The van der Waals surface area contributed by atoms with E-state index in [4.69, 9.17) is 5.11 Å². The van der Waals surface area contributed by atoms with Crippen molar-refractivity contribution in [2.24, 2.45) is 5.10 Å². The van der Waals surface area contributed by atoms with Crippen molar-refractivity contribution in [2.75, 3.05) is 0 Å². The van der Waals surface area contributed by atoms with Gasteiger partial charge >= 0.3 is 5.97 Å². The lowest BCUT2D eigenvalue weighted by atomic mass is 9.95. The van der Waals surface area contributed by atoms with Gasteiger partial charge in [-0.25, -0.2) is 4.79 Å². The molecule has 3 heterocycles. The molecule has 0 aliphatic carbocycles. The maximum absolute atomic E-state index is 12.1. The zero-order valence-corrected chi connectivity index (χ0v) is 13.0. The molecule has 0 bridgehead atoms. The molecule has 3 rings (SSSR count). The summed E-state index contributed by atoms with van der Waals surface area (Å²) in [6.07, 6.45) is 3.25. The number of aliphatic hydroxyl groups is 1. The number of pyridine rings is 2. The molecular weight excluding hydrogens is 324 g/mol. The number of hydrogen-bond donors (Lipinski definition) is 3. The standard InChI is InChI=1S/C17H14N4O4/c22-15(11-6-2-4-8-19-11)14(16(23)17(24)25)13-9-12(20-21-13)10-5-1-3-7-18-10/h1-8,13,21-22H,9H2,(H,24,25)/t13-/m0/s1. The molecular formula is C17H14N4O4. The minimum absolute atomic E-state index is 0.111. The van der Waals surface area contributed by atoms with Gasteiger partial charge in [0.05, 0.1) is 23.0 Å². The molecule has 0 saturated carbocycles. The average molecular weight is 338 g/mol. The maximum Gasteiger partial charge on any atom is 0.377 e. The summed E-state index contributed by atoms with van der Waals surface area (Å²) in [7, 11) is 0. The summed E-state index contributed by atoms with van der Waals surface area (Å²) < 4.78 is 0. The third kappa shape index (κ3) is 3.37. The van der Waals surface area contributed by atoms with Crippen LogP contribution in [0, 0.1) is 0 Å². The van der Waals surface area contributed by atoms with Crippen LogP contribution in [0.25, 0.3) is 5.76 Å². The number of hydrazone groups is 1. The Morgan fingerprint density at radius 1 is 1.04 bits per heavy atom. The van der Waals surface area contributed by atoms with Crippen molar-refractivity contribution >= 4 is 23.2 Å². The number of nitrogens with one attached hydrogen (secondary N) is 1. The molecule has 0 fully saturated rings. The Morgan fingerprint density at radius 2 is 1.76 bits per heavy atom. The predicted molar refractivity (Wildman–Crippen MR) is 88.7 cm³/mol. The second kappa shape index (κ2) is 6.91. The van der Waals surface area contributed by atoms with E-state index in [1.807, 2.05) is 0 Å². The number of Topliss-reactive ketones (excluding diaryl/α,β-unsaturated/α-hetero) is 1. The highest BCUT2D eigenvalue weighted by molar-refractivity contribution is 6.41. The van der Waals surface area contributed by atoms with Crippen molar-refractivity contribution in [1.82, 2.24) is 15.4 Å². The molecule has 2 aromatic heterocycles. The minimum Gasteiger partial charge on any atom is -0.505 e. The first-order chi connectivity index (χ1) is 12.1. The molecule has 0 amide bonds. The van der Waals surface area contributed by atoms with Crippen molar-refractivity contribution in [3.05, 3.63) is 65.8 Å². The molecule has 1 atom stereocenters. The van der Waals surface area contributed by atoms with Crippen LogP contribution in [0.1, 0.15) is 17.8 Å². The Hall–Kier alpha value is -3.55. The van der Waals surface area contributed by atoms with E-state index in [0.29, 0.717) is 11.4 Å². The minimum atomic E-state index is -1.66. The molecule has 2 aromatic rings. The summed E-state index contributed by atoms with van der Waals surface area (Å²) in [5, 5.41) is 23.7. The molecule has 126 valence electrons. The molecule has 0 radical (unpaired) electrons. The lowest BCUT2D eigenvalue weighted by Gasteiger charge is -2.14. The van der Waals surface area contributed by atoms with Gasteiger partial charge in [-0.05, 0) is 24.3 Å². The summed E-state index contributed by atoms with van der Waals surface area (Å²) in [5.41, 5.74) is 3.70. The van der Waals surface area contributed by atoms with Crippen LogP contribution < -0.4 is 5.43 Å². The summed E-state index contributed by atoms with van der Waals surface area (Å²) >= 11 is 0. The molecule has 0 saturated heterocycles. The van der Waals surface area contributed by atoms with Gasteiger partial charge in [0.15, 0.2) is 5.76 Å². The second-order valence-corrected chi connectivity index (χ2v) is 5.27. The number of carboxylic acid groups (broad SMARTS) is 1. The summed E-state index contributed by atoms with van der Waals surface area (Å²) in [5.74, 6) is -3.35. The molecule has 1 aliphatic rings. The van der Waals surface area contributed by atoms with Gasteiger partial charge in [0.1, 0.15) is 5.69 Å². The Morgan fingerprint density at radius 3 is 2.36 bits per heavy atom. The monoisotopic (exact) mass is 338 g/mol. The first kappa shape index (κ1) is 16.3. The Kier molecular flexibility index (Phi) is 4.51. The van der Waals surface area contributed by atoms with E-state index in [1.165, 1.54) is 12.3 Å². The number of nitrogens with zero attached hydrogens (tertiary/aromatic N) is 3. The number of ketones is 1. The van der Waals surface area contributed by atoms with Gasteiger partial charge < -0.3 is 15.6 Å². The number of carbonyl (C=O) groups is 2. The number of hydrogen-bond acceptors (Lipinski definition) is 7. The van der Waals surface area contributed by atoms with Crippen molar-refractivity contribution in [3.63, 3.8) is 0 Å². The van der Waals surface area contributed by atoms with Crippen molar-refractivity contribution in [1.29, 1.82) is 0 Å². The first-order valence-corrected chi connectivity index (χ1v) is 7.43. The van der Waals surface area contributed by atoms with E-state index in [-0.39, 0.29) is 17.7 Å². The van der Waals surface area contributed by atoms with Gasteiger partial charge in [0, 0.05) is 18.8 Å². The van der Waals surface area contributed by atoms with E-state index in [0.717, 1.165) is 0 Å². The van der Waals surface area contributed by atoms with E-state index >= 15 is 0 Å². The second-order valence-electron chi connectivity index (χ2n) is 5.27. The molecule has 3 N–H and O–H groups in total. The highest BCUT2D eigenvalue weighted by Crippen LogP contribution is 2.23. The van der Waals surface area contributed by atoms with Crippen LogP contribution >= 0.6 is 0 Å². The SMILES string of the molecule is O=C(O)C(=O)C(=C(O)c1ccccn1)[C@@H]1CC(c2ccccn2)=NN1. The quantitative estimate of drug-likeness (QED) is 0.424. The first-order valence-electron chi connectivity index (χ1n) is 7.43. The zero-order chi connectivity index (χ0) is 17.8. The number of aliphatic hydroxyl groups excluding tert-OH is 1. The fourth-order valence-electron chi connectivity index (χ4n) is 2.49.